The first-order chi connectivity index (χ1) is 13.7. The molecular formula is C22H21NO4P+. The van der Waals surface area contributed by atoms with Crippen LogP contribution in [-0.2, 0) is 27.0 Å². The van der Waals surface area contributed by atoms with E-state index in [1.54, 1.807) is 12.1 Å². The number of nitrogens with one attached hydrogen (secondary N) is 1. The van der Waals surface area contributed by atoms with E-state index in [-0.39, 0.29) is 13.2 Å². The van der Waals surface area contributed by atoms with Gasteiger partial charge in [-0.05, 0) is 15.7 Å². The summed E-state index contributed by atoms with van der Waals surface area (Å²) in [6, 6.07) is 27.9. The monoisotopic (exact) mass is 394 g/mol. The number of carbonyl (C=O) groups is 1. The number of amides is 1. The SMILES string of the molecule is O=C(NC(c1ccccc1)[P+](=O)OCc1ccccc1)OCc1ccccc1. The highest BCUT2D eigenvalue weighted by Crippen LogP contribution is 2.40. The molecule has 0 aliphatic heterocycles. The maximum Gasteiger partial charge on any atom is 0.538 e. The van der Waals surface area contributed by atoms with Gasteiger partial charge >= 0.3 is 14.1 Å². The smallest absolute Gasteiger partial charge is 0.445 e. The van der Waals surface area contributed by atoms with Crippen molar-refractivity contribution in [1.82, 2.24) is 5.32 Å². The van der Waals surface area contributed by atoms with Crippen molar-refractivity contribution in [3.8, 4) is 0 Å². The summed E-state index contributed by atoms with van der Waals surface area (Å²) in [5.41, 5.74) is 2.47. The molecule has 0 spiro atoms. The Kier molecular flexibility index (Phi) is 7.30. The van der Waals surface area contributed by atoms with Crippen molar-refractivity contribution in [2.45, 2.75) is 19.0 Å². The zero-order valence-electron chi connectivity index (χ0n) is 15.2. The van der Waals surface area contributed by atoms with Gasteiger partial charge in [0.05, 0.1) is 0 Å². The lowest BCUT2D eigenvalue weighted by Crippen LogP contribution is -2.27. The van der Waals surface area contributed by atoms with Crippen molar-refractivity contribution in [3.63, 3.8) is 0 Å². The van der Waals surface area contributed by atoms with Crippen LogP contribution in [-0.4, -0.2) is 6.09 Å². The van der Waals surface area contributed by atoms with Gasteiger partial charge in [-0.1, -0.05) is 91.0 Å². The Labute approximate surface area is 165 Å². The van der Waals surface area contributed by atoms with E-state index in [1.807, 2.05) is 78.9 Å². The summed E-state index contributed by atoms with van der Waals surface area (Å²) in [7, 11) is -2.20. The average Bonchev–Trinajstić information content (AvgIpc) is 2.76. The van der Waals surface area contributed by atoms with Gasteiger partial charge in [0.15, 0.2) is 0 Å². The highest BCUT2D eigenvalue weighted by molar-refractivity contribution is 7.39. The molecular weight excluding hydrogens is 373 g/mol. The largest absolute Gasteiger partial charge is 0.538 e. The van der Waals surface area contributed by atoms with E-state index in [0.717, 1.165) is 11.1 Å². The molecule has 3 rings (SSSR count). The predicted molar refractivity (Wildman–Crippen MR) is 108 cm³/mol. The normalized spacial score (nSPS) is 12.1. The topological polar surface area (TPSA) is 64.6 Å². The second kappa shape index (κ2) is 10.4. The Morgan fingerprint density at radius 3 is 1.86 bits per heavy atom. The second-order valence-corrected chi connectivity index (χ2v) is 7.41. The maximum absolute atomic E-state index is 12.8. The van der Waals surface area contributed by atoms with E-state index >= 15 is 0 Å². The first-order valence-corrected chi connectivity index (χ1v) is 10.1. The molecule has 0 saturated carbocycles. The predicted octanol–water partition coefficient (Wildman–Crippen LogP) is 5.57. The van der Waals surface area contributed by atoms with Gasteiger partial charge in [0.2, 0.25) is 0 Å². The molecule has 2 atom stereocenters. The minimum absolute atomic E-state index is 0.135. The molecule has 0 radical (unpaired) electrons. The van der Waals surface area contributed by atoms with E-state index in [0.29, 0.717) is 5.56 Å². The number of ether oxygens (including phenoxy) is 1. The van der Waals surface area contributed by atoms with Gasteiger partial charge < -0.3 is 4.74 Å². The summed E-state index contributed by atoms with van der Waals surface area (Å²) in [4.78, 5) is 12.3. The van der Waals surface area contributed by atoms with Gasteiger partial charge in [0.1, 0.15) is 13.2 Å². The van der Waals surface area contributed by atoms with Gasteiger partial charge in [-0.3, -0.25) is 5.32 Å². The Hall–Kier alpha value is -3.01. The zero-order chi connectivity index (χ0) is 19.6. The molecule has 0 aromatic heterocycles. The Morgan fingerprint density at radius 2 is 1.29 bits per heavy atom. The van der Waals surface area contributed by atoms with E-state index in [1.165, 1.54) is 0 Å². The van der Waals surface area contributed by atoms with Gasteiger partial charge in [-0.2, -0.15) is 0 Å². The molecule has 2 unspecified atom stereocenters. The van der Waals surface area contributed by atoms with Gasteiger partial charge in [0.25, 0.3) is 5.78 Å². The van der Waals surface area contributed by atoms with Crippen molar-refractivity contribution >= 4 is 14.1 Å². The molecule has 0 fully saturated rings. The van der Waals surface area contributed by atoms with Crippen LogP contribution in [0.3, 0.4) is 0 Å². The highest BCUT2D eigenvalue weighted by atomic mass is 31.1. The second-order valence-electron chi connectivity index (χ2n) is 6.06. The molecule has 0 heterocycles. The third kappa shape index (κ3) is 6.02. The third-order valence-corrected chi connectivity index (χ3v) is 5.23. The van der Waals surface area contributed by atoms with Crippen molar-refractivity contribution in [3.05, 3.63) is 108 Å². The van der Waals surface area contributed by atoms with Crippen LogP contribution in [0.4, 0.5) is 4.79 Å². The highest BCUT2D eigenvalue weighted by Gasteiger charge is 2.36. The quantitative estimate of drug-likeness (QED) is 0.507. The number of benzene rings is 3. The van der Waals surface area contributed by atoms with Crippen LogP contribution in [0.2, 0.25) is 0 Å². The minimum Gasteiger partial charge on any atom is -0.445 e. The minimum atomic E-state index is -2.20. The number of alkyl carbamates (subject to hydrolysis) is 1. The Bertz CT molecular complexity index is 888. The van der Waals surface area contributed by atoms with Gasteiger partial charge in [-0.15, -0.1) is 4.52 Å². The maximum atomic E-state index is 12.8. The van der Waals surface area contributed by atoms with Crippen molar-refractivity contribution < 1.29 is 18.6 Å². The number of rotatable bonds is 8. The molecule has 1 N–H and O–H groups in total. The summed E-state index contributed by atoms with van der Waals surface area (Å²) < 4.78 is 23.6. The molecule has 28 heavy (non-hydrogen) atoms. The van der Waals surface area contributed by atoms with Crippen LogP contribution >= 0.6 is 8.03 Å². The first-order valence-electron chi connectivity index (χ1n) is 8.88. The molecule has 0 aliphatic rings. The third-order valence-electron chi connectivity index (χ3n) is 3.99. The summed E-state index contributed by atoms with van der Waals surface area (Å²) >= 11 is 0. The standard InChI is InChI=1S/C22H20NO4P/c24-22(26-16-18-10-4-1-5-11-18)23-21(20-14-8-3-9-15-20)28(25)27-17-19-12-6-2-7-13-19/h1-15,21H,16-17H2/p+1. The molecule has 1 amide bonds. The molecule has 0 bridgehead atoms. The summed E-state index contributed by atoms with van der Waals surface area (Å²) in [5, 5.41) is 2.67. The first kappa shape index (κ1) is 19.7. The summed E-state index contributed by atoms with van der Waals surface area (Å²) in [6.45, 7) is 0.329. The fourth-order valence-electron chi connectivity index (χ4n) is 2.56. The summed E-state index contributed by atoms with van der Waals surface area (Å²) in [5.74, 6) is -0.803. The summed E-state index contributed by atoms with van der Waals surface area (Å²) in [6.07, 6.45) is -0.649. The lowest BCUT2D eigenvalue weighted by atomic mass is 10.2. The van der Waals surface area contributed by atoms with Crippen molar-refractivity contribution in [2.75, 3.05) is 0 Å². The van der Waals surface area contributed by atoms with Crippen LogP contribution in [0.25, 0.3) is 0 Å². The van der Waals surface area contributed by atoms with Crippen molar-refractivity contribution in [1.29, 1.82) is 0 Å². The van der Waals surface area contributed by atoms with Crippen LogP contribution in [0.5, 0.6) is 0 Å². The van der Waals surface area contributed by atoms with E-state index in [4.69, 9.17) is 9.26 Å². The number of hydrogen-bond donors (Lipinski definition) is 1. The molecule has 6 heteroatoms. The molecule has 3 aromatic carbocycles. The Morgan fingerprint density at radius 1 is 0.786 bits per heavy atom. The van der Waals surface area contributed by atoms with Gasteiger partial charge in [0, 0.05) is 5.56 Å². The zero-order valence-corrected chi connectivity index (χ0v) is 16.1. The lowest BCUT2D eigenvalue weighted by Gasteiger charge is -2.10. The molecule has 0 saturated heterocycles. The lowest BCUT2D eigenvalue weighted by molar-refractivity contribution is 0.137. The van der Waals surface area contributed by atoms with E-state index in [9.17, 15) is 9.36 Å². The fraction of sp³-hybridized carbons (Fsp3) is 0.136. The Balaban J connectivity index is 1.63. The van der Waals surface area contributed by atoms with Gasteiger partial charge in [-0.25, -0.2) is 4.79 Å². The molecule has 3 aromatic rings. The fourth-order valence-corrected chi connectivity index (χ4v) is 3.61. The van der Waals surface area contributed by atoms with Crippen molar-refractivity contribution in [2.24, 2.45) is 0 Å². The van der Waals surface area contributed by atoms with E-state index < -0.39 is 19.9 Å². The number of hydrogen-bond acceptors (Lipinski definition) is 4. The van der Waals surface area contributed by atoms with Crippen LogP contribution < -0.4 is 5.32 Å². The number of carbonyl (C=O) groups excluding carboxylic acids is 1. The molecule has 142 valence electrons. The average molecular weight is 394 g/mol. The molecule has 0 aliphatic carbocycles. The van der Waals surface area contributed by atoms with Crippen LogP contribution in [0.1, 0.15) is 22.5 Å². The van der Waals surface area contributed by atoms with E-state index in [2.05, 4.69) is 5.32 Å². The molecule has 5 nitrogen and oxygen atoms in total. The van der Waals surface area contributed by atoms with Crippen LogP contribution in [0, 0.1) is 0 Å². The van der Waals surface area contributed by atoms with Crippen LogP contribution in [0.15, 0.2) is 91.0 Å².